The Morgan fingerprint density at radius 2 is 2.04 bits per heavy atom. The highest BCUT2D eigenvalue weighted by molar-refractivity contribution is 6.32. The second-order valence-corrected chi connectivity index (χ2v) is 7.13. The van der Waals surface area contributed by atoms with Crippen molar-refractivity contribution in [2.45, 2.75) is 18.9 Å². The zero-order valence-corrected chi connectivity index (χ0v) is 15.7. The third-order valence-electron chi connectivity index (χ3n) is 4.99. The molecular weight excluding hydrogens is 366 g/mol. The van der Waals surface area contributed by atoms with Crippen molar-refractivity contribution < 1.29 is 4.79 Å². The molecular formula is C19H20ClN5O2. The van der Waals surface area contributed by atoms with Gasteiger partial charge in [0.1, 0.15) is 5.15 Å². The van der Waals surface area contributed by atoms with E-state index in [0.29, 0.717) is 23.8 Å². The number of aryl methyl sites for hydroxylation is 1. The van der Waals surface area contributed by atoms with Gasteiger partial charge in [0, 0.05) is 43.3 Å². The van der Waals surface area contributed by atoms with Gasteiger partial charge in [0.05, 0.1) is 17.3 Å². The Balaban J connectivity index is 1.45. The van der Waals surface area contributed by atoms with Crippen LogP contribution in [-0.2, 0) is 7.05 Å². The average Bonchev–Trinajstić information content (AvgIpc) is 3.00. The number of carbonyl (C=O) groups excluding carboxylic acids is 1. The summed E-state index contributed by atoms with van der Waals surface area (Å²) in [6.45, 7) is 1.26. The Morgan fingerprint density at radius 3 is 2.74 bits per heavy atom. The highest BCUT2D eigenvalue weighted by atomic mass is 35.5. The van der Waals surface area contributed by atoms with Crippen LogP contribution in [0, 0.1) is 0 Å². The van der Waals surface area contributed by atoms with Gasteiger partial charge in [-0.3, -0.25) is 14.3 Å². The van der Waals surface area contributed by atoms with Crippen LogP contribution in [0.1, 0.15) is 23.2 Å². The van der Waals surface area contributed by atoms with Gasteiger partial charge in [0.15, 0.2) is 0 Å². The summed E-state index contributed by atoms with van der Waals surface area (Å²) in [7, 11) is 1.71. The minimum Gasteiger partial charge on any atom is -0.381 e. The molecule has 1 aromatic carbocycles. The summed E-state index contributed by atoms with van der Waals surface area (Å²) in [4.78, 5) is 29.2. The Hall–Kier alpha value is -2.80. The fourth-order valence-electron chi connectivity index (χ4n) is 3.51. The average molecular weight is 386 g/mol. The number of aromatic nitrogens is 3. The van der Waals surface area contributed by atoms with E-state index in [1.807, 2.05) is 24.3 Å². The van der Waals surface area contributed by atoms with E-state index >= 15 is 0 Å². The number of nitrogens with zero attached hydrogens (tertiary/aromatic N) is 3. The molecule has 27 heavy (non-hydrogen) atoms. The number of fused-ring (bicyclic) bond motifs is 1. The second-order valence-electron chi connectivity index (χ2n) is 6.78. The van der Waals surface area contributed by atoms with Crippen molar-refractivity contribution in [2.75, 3.05) is 18.4 Å². The number of piperidine rings is 1. The van der Waals surface area contributed by atoms with Gasteiger partial charge in [0.2, 0.25) is 5.56 Å². The molecule has 0 atom stereocenters. The molecule has 0 aliphatic carbocycles. The molecule has 0 spiro atoms. The lowest BCUT2D eigenvalue weighted by Crippen LogP contribution is -2.42. The summed E-state index contributed by atoms with van der Waals surface area (Å²) in [6, 6.07) is 9.51. The lowest BCUT2D eigenvalue weighted by atomic mass is 10.0. The number of carbonyl (C=O) groups is 1. The van der Waals surface area contributed by atoms with Crippen molar-refractivity contribution in [3.05, 3.63) is 57.6 Å². The molecule has 1 aliphatic rings. The number of nitrogens with one attached hydrogen (secondary N) is 2. The van der Waals surface area contributed by atoms with E-state index in [2.05, 4.69) is 15.4 Å². The number of para-hydroxylation sites is 1. The van der Waals surface area contributed by atoms with Gasteiger partial charge >= 0.3 is 0 Å². The topological polar surface area (TPSA) is 83.0 Å². The summed E-state index contributed by atoms with van der Waals surface area (Å²) < 4.78 is 1.49. The number of H-pyrrole nitrogens is 1. The molecule has 4 rings (SSSR count). The first-order chi connectivity index (χ1) is 13.0. The number of halogens is 1. The number of aromatic amines is 1. The molecule has 3 aromatic rings. The lowest BCUT2D eigenvalue weighted by Gasteiger charge is -2.33. The Kier molecular flexibility index (Phi) is 4.61. The Morgan fingerprint density at radius 1 is 1.30 bits per heavy atom. The van der Waals surface area contributed by atoms with Crippen molar-refractivity contribution in [1.29, 1.82) is 0 Å². The number of hydrogen-bond donors (Lipinski definition) is 2. The second kappa shape index (κ2) is 7.08. The molecule has 1 fully saturated rings. The fraction of sp³-hybridized carbons (Fsp3) is 0.316. The van der Waals surface area contributed by atoms with Crippen LogP contribution in [0.25, 0.3) is 10.9 Å². The number of pyridine rings is 1. The molecule has 3 heterocycles. The zero-order chi connectivity index (χ0) is 19.0. The smallest absolute Gasteiger partial charge is 0.258 e. The summed E-state index contributed by atoms with van der Waals surface area (Å²) in [5.74, 6) is -0.0897. The molecule has 2 aromatic heterocycles. The maximum Gasteiger partial charge on any atom is 0.258 e. The molecule has 0 radical (unpaired) electrons. The highest BCUT2D eigenvalue weighted by Crippen LogP contribution is 2.24. The minimum atomic E-state index is -0.130. The van der Waals surface area contributed by atoms with Gasteiger partial charge in [-0.15, -0.1) is 0 Å². The number of anilines is 1. The molecule has 0 unspecified atom stereocenters. The van der Waals surface area contributed by atoms with Crippen LogP contribution in [0.5, 0.6) is 0 Å². The third-order valence-corrected chi connectivity index (χ3v) is 5.44. The lowest BCUT2D eigenvalue weighted by molar-refractivity contribution is 0.0718. The number of amides is 1. The SMILES string of the molecule is Cn1ncc(C(=O)N2CCC(Nc3cc(=O)[nH]c4ccccc34)CC2)c1Cl. The monoisotopic (exact) mass is 385 g/mol. The number of rotatable bonds is 3. The van der Waals surface area contributed by atoms with Crippen molar-refractivity contribution in [2.24, 2.45) is 7.05 Å². The molecule has 2 N–H and O–H groups in total. The molecule has 0 saturated carbocycles. The van der Waals surface area contributed by atoms with Crippen LogP contribution in [-0.4, -0.2) is 44.7 Å². The predicted octanol–water partition coefficient (Wildman–Crippen LogP) is 2.63. The van der Waals surface area contributed by atoms with Crippen LogP contribution in [0.4, 0.5) is 5.69 Å². The molecule has 1 amide bonds. The molecule has 1 saturated heterocycles. The Labute approximate surface area is 160 Å². The van der Waals surface area contributed by atoms with Gasteiger partial charge < -0.3 is 15.2 Å². The van der Waals surface area contributed by atoms with Crippen molar-refractivity contribution in [1.82, 2.24) is 19.7 Å². The number of likely N-dealkylation sites (tertiary alicyclic amines) is 1. The van der Waals surface area contributed by atoms with E-state index < -0.39 is 0 Å². The van der Waals surface area contributed by atoms with Crippen molar-refractivity contribution >= 4 is 34.1 Å². The quantitative estimate of drug-likeness (QED) is 0.726. The summed E-state index contributed by atoms with van der Waals surface area (Å²) in [5, 5.41) is 8.85. The number of hydrogen-bond acceptors (Lipinski definition) is 4. The molecule has 8 heteroatoms. The molecule has 140 valence electrons. The van der Waals surface area contributed by atoms with Crippen LogP contribution < -0.4 is 10.9 Å². The van der Waals surface area contributed by atoms with E-state index in [9.17, 15) is 9.59 Å². The van der Waals surface area contributed by atoms with Crippen molar-refractivity contribution in [3.63, 3.8) is 0 Å². The third kappa shape index (κ3) is 3.42. The van der Waals surface area contributed by atoms with Gasteiger partial charge in [0.25, 0.3) is 5.91 Å². The molecule has 1 aliphatic heterocycles. The van der Waals surface area contributed by atoms with Crippen LogP contribution >= 0.6 is 11.6 Å². The zero-order valence-electron chi connectivity index (χ0n) is 14.9. The van der Waals surface area contributed by atoms with Gasteiger partial charge in [-0.2, -0.15) is 5.10 Å². The largest absolute Gasteiger partial charge is 0.381 e. The first kappa shape index (κ1) is 17.6. The van der Waals surface area contributed by atoms with E-state index in [-0.39, 0.29) is 17.5 Å². The van der Waals surface area contributed by atoms with Gasteiger partial charge in [-0.05, 0) is 18.9 Å². The Bertz CT molecular complexity index is 1050. The van der Waals surface area contributed by atoms with E-state index in [0.717, 1.165) is 29.4 Å². The summed E-state index contributed by atoms with van der Waals surface area (Å²) in [5.41, 5.74) is 1.95. The van der Waals surface area contributed by atoms with Gasteiger partial charge in [-0.25, -0.2) is 0 Å². The maximum absolute atomic E-state index is 12.6. The van der Waals surface area contributed by atoms with Crippen LogP contribution in [0.2, 0.25) is 5.15 Å². The van der Waals surface area contributed by atoms with E-state index in [4.69, 9.17) is 11.6 Å². The fourth-order valence-corrected chi connectivity index (χ4v) is 3.68. The minimum absolute atomic E-state index is 0.0897. The first-order valence-corrected chi connectivity index (χ1v) is 9.26. The molecule has 7 nitrogen and oxygen atoms in total. The summed E-state index contributed by atoms with van der Waals surface area (Å²) in [6.07, 6.45) is 3.10. The van der Waals surface area contributed by atoms with Crippen molar-refractivity contribution in [3.8, 4) is 0 Å². The summed E-state index contributed by atoms with van der Waals surface area (Å²) >= 11 is 6.14. The molecule has 0 bridgehead atoms. The first-order valence-electron chi connectivity index (χ1n) is 8.88. The van der Waals surface area contributed by atoms with E-state index in [1.165, 1.54) is 10.9 Å². The normalized spacial score (nSPS) is 15.3. The van der Waals surface area contributed by atoms with Crippen LogP contribution in [0.15, 0.2) is 41.3 Å². The predicted molar refractivity (Wildman–Crippen MR) is 105 cm³/mol. The number of benzene rings is 1. The maximum atomic E-state index is 12.6. The van der Waals surface area contributed by atoms with Crippen LogP contribution in [0.3, 0.4) is 0 Å². The highest BCUT2D eigenvalue weighted by Gasteiger charge is 2.26. The van der Waals surface area contributed by atoms with E-state index in [1.54, 1.807) is 18.0 Å². The van der Waals surface area contributed by atoms with Gasteiger partial charge in [-0.1, -0.05) is 29.8 Å². The standard InChI is InChI=1S/C19H20ClN5O2/c1-24-18(20)14(11-21-24)19(27)25-8-6-12(7-9-25)22-16-10-17(26)23-15-5-3-2-4-13(15)16/h2-5,10-12H,6-9H2,1H3,(H2,22,23,26).